The lowest BCUT2D eigenvalue weighted by Gasteiger charge is -2.15. The van der Waals surface area contributed by atoms with Gasteiger partial charge in [0.05, 0.1) is 0 Å². The van der Waals surface area contributed by atoms with Crippen molar-refractivity contribution in [2.24, 2.45) is 0 Å². The predicted octanol–water partition coefficient (Wildman–Crippen LogP) is 3.67. The van der Waals surface area contributed by atoms with E-state index in [4.69, 9.17) is 0 Å². The first-order chi connectivity index (χ1) is 6.77. The number of aryl methyl sites for hydroxylation is 1. The highest BCUT2D eigenvalue weighted by atomic mass is 32.1. The first-order valence-electron chi connectivity index (χ1n) is 5.18. The zero-order valence-corrected chi connectivity index (χ0v) is 9.86. The quantitative estimate of drug-likeness (QED) is 0.705. The summed E-state index contributed by atoms with van der Waals surface area (Å²) < 4.78 is 0. The number of hydrogen-bond acceptors (Lipinski definition) is 2. The fraction of sp³-hybridized carbons (Fsp3) is 0.500. The van der Waals surface area contributed by atoms with E-state index in [0.717, 1.165) is 19.4 Å². The fourth-order valence-corrected chi connectivity index (χ4v) is 2.50. The zero-order chi connectivity index (χ0) is 10.4. The maximum Gasteiger partial charge on any atom is 0.0417 e. The van der Waals surface area contributed by atoms with Gasteiger partial charge in [-0.25, -0.2) is 0 Å². The minimum Gasteiger partial charge on any atom is -0.310 e. The normalized spacial score (nSPS) is 12.7. The molecule has 1 nitrogen and oxygen atoms in total. The smallest absolute Gasteiger partial charge is 0.0417 e. The summed E-state index contributed by atoms with van der Waals surface area (Å²) in [6.07, 6.45) is 4.22. The van der Waals surface area contributed by atoms with Gasteiger partial charge in [0.1, 0.15) is 0 Å². The van der Waals surface area contributed by atoms with Gasteiger partial charge in [-0.2, -0.15) is 0 Å². The van der Waals surface area contributed by atoms with E-state index in [1.165, 1.54) is 9.75 Å². The lowest BCUT2D eigenvalue weighted by atomic mass is 10.1. The Kier molecular flexibility index (Phi) is 4.91. The van der Waals surface area contributed by atoms with Crippen LogP contribution < -0.4 is 5.32 Å². The Morgan fingerprint density at radius 2 is 2.36 bits per heavy atom. The van der Waals surface area contributed by atoms with E-state index in [2.05, 4.69) is 37.9 Å². The molecule has 0 aliphatic carbocycles. The number of hydrogen-bond donors (Lipinski definition) is 1. The summed E-state index contributed by atoms with van der Waals surface area (Å²) in [4.78, 5) is 2.84. The third-order valence-electron chi connectivity index (χ3n) is 2.21. The maximum absolute atomic E-state index is 3.77. The van der Waals surface area contributed by atoms with Crippen molar-refractivity contribution in [3.63, 3.8) is 0 Å². The van der Waals surface area contributed by atoms with Crippen molar-refractivity contribution in [2.75, 3.05) is 6.54 Å². The lowest BCUT2D eigenvalue weighted by Crippen LogP contribution is -2.19. The van der Waals surface area contributed by atoms with E-state index >= 15 is 0 Å². The van der Waals surface area contributed by atoms with E-state index < -0.39 is 0 Å². The van der Waals surface area contributed by atoms with Crippen LogP contribution in [0.5, 0.6) is 0 Å². The van der Waals surface area contributed by atoms with Crippen LogP contribution in [0, 0.1) is 6.92 Å². The van der Waals surface area contributed by atoms with Gasteiger partial charge in [0.2, 0.25) is 0 Å². The van der Waals surface area contributed by atoms with E-state index in [-0.39, 0.29) is 0 Å². The Balaban J connectivity index is 2.61. The summed E-state index contributed by atoms with van der Waals surface area (Å²) in [5.74, 6) is 0. The molecule has 0 spiro atoms. The Morgan fingerprint density at radius 3 is 2.86 bits per heavy atom. The molecule has 78 valence electrons. The van der Waals surface area contributed by atoms with Crippen molar-refractivity contribution in [3.8, 4) is 0 Å². The van der Waals surface area contributed by atoms with Gasteiger partial charge in [-0.05, 0) is 38.4 Å². The summed E-state index contributed by atoms with van der Waals surface area (Å²) >= 11 is 1.89. The highest BCUT2D eigenvalue weighted by Crippen LogP contribution is 2.25. The highest BCUT2D eigenvalue weighted by molar-refractivity contribution is 7.12. The minimum atomic E-state index is 0.511. The van der Waals surface area contributed by atoms with Crippen LogP contribution >= 0.6 is 11.3 Å². The average molecular weight is 209 g/mol. The second-order valence-corrected chi connectivity index (χ2v) is 4.74. The number of thiophene rings is 1. The van der Waals surface area contributed by atoms with E-state index in [1.54, 1.807) is 0 Å². The van der Waals surface area contributed by atoms with Crippen molar-refractivity contribution in [3.05, 3.63) is 34.5 Å². The molecule has 2 heteroatoms. The predicted molar refractivity (Wildman–Crippen MR) is 64.9 cm³/mol. The van der Waals surface area contributed by atoms with Gasteiger partial charge in [0.25, 0.3) is 0 Å². The molecule has 0 fully saturated rings. The van der Waals surface area contributed by atoms with Gasteiger partial charge < -0.3 is 5.32 Å². The van der Waals surface area contributed by atoms with Gasteiger partial charge in [0, 0.05) is 15.8 Å². The van der Waals surface area contributed by atoms with Crippen LogP contribution in [0.1, 0.15) is 35.6 Å². The molecule has 14 heavy (non-hydrogen) atoms. The molecule has 1 unspecified atom stereocenters. The molecular weight excluding hydrogens is 190 g/mol. The molecule has 0 aliphatic rings. The van der Waals surface area contributed by atoms with Crippen LogP contribution in [0.2, 0.25) is 0 Å². The van der Waals surface area contributed by atoms with Crippen molar-refractivity contribution < 1.29 is 0 Å². The second-order valence-electron chi connectivity index (χ2n) is 3.42. The molecule has 0 saturated carbocycles. The Bertz CT molecular complexity index is 278. The van der Waals surface area contributed by atoms with E-state index in [1.807, 2.05) is 17.4 Å². The molecule has 1 N–H and O–H groups in total. The van der Waals surface area contributed by atoms with Crippen LogP contribution in [-0.2, 0) is 0 Å². The number of allylic oxidation sites excluding steroid dienone is 1. The summed E-state index contributed by atoms with van der Waals surface area (Å²) in [5.41, 5.74) is 0. The van der Waals surface area contributed by atoms with E-state index in [9.17, 15) is 0 Å². The first-order valence-corrected chi connectivity index (χ1v) is 6.00. The largest absolute Gasteiger partial charge is 0.310 e. The molecule has 0 aromatic carbocycles. The van der Waals surface area contributed by atoms with Gasteiger partial charge in [0.15, 0.2) is 0 Å². The highest BCUT2D eigenvalue weighted by Gasteiger charge is 2.10. The number of nitrogens with one attached hydrogen (secondary N) is 1. The molecule has 1 atom stereocenters. The molecule has 0 amide bonds. The molecule has 0 bridgehead atoms. The van der Waals surface area contributed by atoms with Crippen LogP contribution in [0.3, 0.4) is 0 Å². The van der Waals surface area contributed by atoms with Crippen molar-refractivity contribution in [1.82, 2.24) is 5.32 Å². The van der Waals surface area contributed by atoms with Crippen molar-refractivity contribution >= 4 is 11.3 Å². The molecule has 1 rings (SSSR count). The lowest BCUT2D eigenvalue weighted by molar-refractivity contribution is 0.527. The van der Waals surface area contributed by atoms with Crippen LogP contribution in [-0.4, -0.2) is 6.54 Å². The summed E-state index contributed by atoms with van der Waals surface area (Å²) in [6, 6.07) is 4.94. The van der Waals surface area contributed by atoms with Gasteiger partial charge in [-0.15, -0.1) is 17.9 Å². The van der Waals surface area contributed by atoms with Crippen LogP contribution in [0.25, 0.3) is 0 Å². The van der Waals surface area contributed by atoms with Crippen LogP contribution in [0.15, 0.2) is 24.8 Å². The third kappa shape index (κ3) is 3.28. The molecule has 0 aliphatic heterocycles. The SMILES string of the molecule is C=CCCC(NCC)c1ccc(C)s1. The summed E-state index contributed by atoms with van der Waals surface area (Å²) in [6.45, 7) is 9.11. The molecule has 1 heterocycles. The average Bonchev–Trinajstić information content (AvgIpc) is 2.59. The zero-order valence-electron chi connectivity index (χ0n) is 9.05. The maximum atomic E-state index is 3.77. The Morgan fingerprint density at radius 1 is 1.57 bits per heavy atom. The van der Waals surface area contributed by atoms with Crippen molar-refractivity contribution in [2.45, 2.75) is 32.7 Å². The van der Waals surface area contributed by atoms with Crippen LogP contribution in [0.4, 0.5) is 0 Å². The van der Waals surface area contributed by atoms with Gasteiger partial charge in [-0.3, -0.25) is 0 Å². The summed E-state index contributed by atoms with van der Waals surface area (Å²) in [7, 11) is 0. The topological polar surface area (TPSA) is 12.0 Å². The molecule has 0 radical (unpaired) electrons. The van der Waals surface area contributed by atoms with E-state index in [0.29, 0.717) is 6.04 Å². The Hall–Kier alpha value is -0.600. The molecular formula is C12H19NS. The number of rotatable bonds is 6. The second kappa shape index (κ2) is 5.99. The standard InChI is InChI=1S/C12H19NS/c1-4-6-7-11(13-5-2)12-9-8-10(3)14-12/h4,8-9,11,13H,1,5-7H2,2-3H3. The van der Waals surface area contributed by atoms with Crippen molar-refractivity contribution in [1.29, 1.82) is 0 Å². The summed E-state index contributed by atoms with van der Waals surface area (Å²) in [5, 5.41) is 3.51. The Labute approximate surface area is 90.9 Å². The first kappa shape index (κ1) is 11.5. The fourth-order valence-electron chi connectivity index (χ4n) is 1.52. The van der Waals surface area contributed by atoms with Gasteiger partial charge in [-0.1, -0.05) is 13.0 Å². The monoisotopic (exact) mass is 209 g/mol. The molecule has 1 aromatic heterocycles. The minimum absolute atomic E-state index is 0.511. The van der Waals surface area contributed by atoms with Gasteiger partial charge >= 0.3 is 0 Å². The molecule has 0 saturated heterocycles. The molecule has 1 aromatic rings. The third-order valence-corrected chi connectivity index (χ3v) is 3.33.